The summed E-state index contributed by atoms with van der Waals surface area (Å²) in [6.07, 6.45) is 2.02. The molecule has 1 aromatic heterocycles. The lowest BCUT2D eigenvalue weighted by Crippen LogP contribution is -2.44. The predicted molar refractivity (Wildman–Crippen MR) is 122 cm³/mol. The molecule has 0 radical (unpaired) electrons. The van der Waals surface area contributed by atoms with E-state index in [1.165, 1.54) is 0 Å². The number of ether oxygens (including phenoxy) is 1. The largest absolute Gasteiger partial charge is 0.497 e. The zero-order valence-corrected chi connectivity index (χ0v) is 17.7. The first-order chi connectivity index (χ1) is 15.7. The van der Waals surface area contributed by atoms with E-state index in [4.69, 9.17) is 4.74 Å². The second kappa shape index (κ2) is 8.55. The van der Waals surface area contributed by atoms with Crippen molar-refractivity contribution in [3.8, 4) is 11.4 Å². The van der Waals surface area contributed by atoms with Gasteiger partial charge in [-0.15, -0.1) is 5.10 Å². The van der Waals surface area contributed by atoms with Crippen LogP contribution in [0.15, 0.2) is 85.1 Å². The molecular formula is C25H23N5O2. The number of rotatable bonds is 6. The molecule has 0 unspecified atom stereocenters. The molecule has 1 aliphatic rings. The Labute approximate surface area is 186 Å². The maximum Gasteiger partial charge on any atom is 0.257 e. The smallest absolute Gasteiger partial charge is 0.257 e. The zero-order chi connectivity index (χ0) is 21.9. The van der Waals surface area contributed by atoms with Gasteiger partial charge >= 0.3 is 0 Å². The molecule has 4 aromatic rings. The fraction of sp³-hybridized carbons (Fsp3) is 0.160. The molecule has 1 N–H and O–H groups in total. The third-order valence-corrected chi connectivity index (χ3v) is 5.60. The van der Waals surface area contributed by atoms with E-state index in [1.54, 1.807) is 18.1 Å². The van der Waals surface area contributed by atoms with Crippen molar-refractivity contribution in [1.82, 2.24) is 19.9 Å². The molecule has 1 aliphatic heterocycles. The van der Waals surface area contributed by atoms with Crippen molar-refractivity contribution in [2.24, 2.45) is 0 Å². The summed E-state index contributed by atoms with van der Waals surface area (Å²) in [5, 5.41) is 12.6. The summed E-state index contributed by atoms with van der Waals surface area (Å²) in [6.45, 7) is 0.537. The normalized spacial score (nSPS) is 15.2. The number of para-hydroxylation sites is 2. The summed E-state index contributed by atoms with van der Waals surface area (Å²) in [7, 11) is 1.65. The van der Waals surface area contributed by atoms with Gasteiger partial charge in [0.2, 0.25) is 0 Å². The number of aromatic nitrogens is 3. The van der Waals surface area contributed by atoms with Crippen LogP contribution in [-0.4, -0.2) is 39.5 Å². The van der Waals surface area contributed by atoms with Crippen molar-refractivity contribution in [2.45, 2.75) is 12.6 Å². The second-order valence-corrected chi connectivity index (χ2v) is 7.58. The van der Waals surface area contributed by atoms with E-state index >= 15 is 0 Å². The van der Waals surface area contributed by atoms with Gasteiger partial charge in [0.25, 0.3) is 5.91 Å². The lowest BCUT2D eigenvalue weighted by molar-refractivity contribution is 0.0682. The highest BCUT2D eigenvalue weighted by molar-refractivity contribution is 6.01. The Bertz CT molecular complexity index is 1220. The Morgan fingerprint density at radius 3 is 2.50 bits per heavy atom. The fourth-order valence-corrected chi connectivity index (χ4v) is 3.88. The first-order valence-corrected chi connectivity index (χ1v) is 10.5. The molecule has 0 fully saturated rings. The Balaban J connectivity index is 1.44. The Kier molecular flexibility index (Phi) is 5.29. The number of nitrogens with one attached hydrogen (secondary N) is 1. The molecule has 3 aromatic carbocycles. The minimum absolute atomic E-state index is 0.0212. The van der Waals surface area contributed by atoms with Crippen molar-refractivity contribution >= 4 is 11.6 Å². The summed E-state index contributed by atoms with van der Waals surface area (Å²) in [6, 6.07) is 25.2. The van der Waals surface area contributed by atoms with E-state index < -0.39 is 6.17 Å². The van der Waals surface area contributed by atoms with Gasteiger partial charge in [0, 0.05) is 12.2 Å². The van der Waals surface area contributed by atoms with Crippen LogP contribution in [0.25, 0.3) is 5.69 Å². The van der Waals surface area contributed by atoms with Crippen molar-refractivity contribution in [3.05, 3.63) is 102 Å². The van der Waals surface area contributed by atoms with Crippen molar-refractivity contribution in [2.75, 3.05) is 19.0 Å². The highest BCUT2D eigenvalue weighted by Gasteiger charge is 2.34. The van der Waals surface area contributed by atoms with Gasteiger partial charge < -0.3 is 15.0 Å². The predicted octanol–water partition coefficient (Wildman–Crippen LogP) is 4.09. The van der Waals surface area contributed by atoms with Crippen molar-refractivity contribution in [1.29, 1.82) is 0 Å². The second-order valence-electron chi connectivity index (χ2n) is 7.58. The molecule has 5 rings (SSSR count). The van der Waals surface area contributed by atoms with Crippen LogP contribution >= 0.6 is 0 Å². The van der Waals surface area contributed by atoms with E-state index in [0.29, 0.717) is 24.2 Å². The maximum absolute atomic E-state index is 13.4. The number of fused-ring (bicyclic) bond motifs is 1. The van der Waals surface area contributed by atoms with Crippen LogP contribution in [0.5, 0.6) is 5.75 Å². The standard InChI is InChI=1S/C25H23N5O2/c1-32-20-13-11-18(12-14-20)15-16-29-24(27-22-10-6-5-9-21(22)25(29)31)23-17-26-30(28-23)19-7-3-2-4-8-19/h2-14,17,24,27H,15-16H2,1H3/t24-/m1/s1. The number of hydrogen-bond donors (Lipinski definition) is 1. The number of hydrogen-bond acceptors (Lipinski definition) is 5. The average Bonchev–Trinajstić information content (AvgIpc) is 3.34. The van der Waals surface area contributed by atoms with Crippen LogP contribution in [0, 0.1) is 0 Å². The van der Waals surface area contributed by atoms with Crippen LogP contribution in [0.4, 0.5) is 5.69 Å². The van der Waals surface area contributed by atoms with Gasteiger partial charge in [-0.3, -0.25) is 4.79 Å². The molecule has 32 heavy (non-hydrogen) atoms. The molecule has 0 saturated heterocycles. The van der Waals surface area contributed by atoms with Crippen LogP contribution in [0.2, 0.25) is 0 Å². The molecule has 0 aliphatic carbocycles. The molecule has 0 saturated carbocycles. The first-order valence-electron chi connectivity index (χ1n) is 10.5. The minimum Gasteiger partial charge on any atom is -0.497 e. The number of carbonyl (C=O) groups is 1. The molecule has 2 heterocycles. The quantitative estimate of drug-likeness (QED) is 0.504. The number of benzene rings is 3. The lowest BCUT2D eigenvalue weighted by atomic mass is 10.0. The van der Waals surface area contributed by atoms with Crippen LogP contribution in [0.3, 0.4) is 0 Å². The molecule has 0 spiro atoms. The van der Waals surface area contributed by atoms with Gasteiger partial charge in [-0.25, -0.2) is 0 Å². The van der Waals surface area contributed by atoms with Gasteiger partial charge in [-0.2, -0.15) is 9.90 Å². The zero-order valence-electron chi connectivity index (χ0n) is 17.7. The topological polar surface area (TPSA) is 72.3 Å². The van der Waals surface area contributed by atoms with Gasteiger partial charge in [0.15, 0.2) is 0 Å². The number of nitrogens with zero attached hydrogens (tertiary/aromatic N) is 4. The molecule has 7 heteroatoms. The first kappa shape index (κ1) is 19.8. The summed E-state index contributed by atoms with van der Waals surface area (Å²) in [4.78, 5) is 16.8. The fourth-order valence-electron chi connectivity index (χ4n) is 3.88. The third kappa shape index (κ3) is 3.80. The van der Waals surface area contributed by atoms with Gasteiger partial charge in [0.1, 0.15) is 17.6 Å². The highest BCUT2D eigenvalue weighted by atomic mass is 16.5. The lowest BCUT2D eigenvalue weighted by Gasteiger charge is -2.36. The van der Waals surface area contributed by atoms with Crippen LogP contribution in [0.1, 0.15) is 27.8 Å². The number of anilines is 1. The summed E-state index contributed by atoms with van der Waals surface area (Å²) in [5.74, 6) is 0.793. The monoisotopic (exact) mass is 425 g/mol. The summed E-state index contributed by atoms with van der Waals surface area (Å²) in [5.41, 5.74) is 4.15. The van der Waals surface area contributed by atoms with Crippen LogP contribution in [-0.2, 0) is 6.42 Å². The number of carbonyl (C=O) groups excluding carboxylic acids is 1. The third-order valence-electron chi connectivity index (χ3n) is 5.60. The number of methoxy groups -OCH3 is 1. The van der Waals surface area contributed by atoms with Gasteiger partial charge in [0.05, 0.1) is 24.6 Å². The summed E-state index contributed by atoms with van der Waals surface area (Å²) >= 11 is 0. The summed E-state index contributed by atoms with van der Waals surface area (Å²) < 4.78 is 5.24. The SMILES string of the molecule is COc1ccc(CCN2C(=O)c3ccccc3N[C@H]2c2cnn(-c3ccccc3)n2)cc1. The molecule has 7 nitrogen and oxygen atoms in total. The Morgan fingerprint density at radius 2 is 1.72 bits per heavy atom. The van der Waals surface area contributed by atoms with Crippen molar-refractivity contribution in [3.63, 3.8) is 0 Å². The molecule has 1 atom stereocenters. The van der Waals surface area contributed by atoms with Crippen molar-refractivity contribution < 1.29 is 9.53 Å². The number of amides is 1. The Hall–Kier alpha value is -4.13. The Morgan fingerprint density at radius 1 is 0.969 bits per heavy atom. The van der Waals surface area contributed by atoms with Gasteiger partial charge in [-0.05, 0) is 48.4 Å². The minimum atomic E-state index is -0.409. The highest BCUT2D eigenvalue weighted by Crippen LogP contribution is 2.32. The van der Waals surface area contributed by atoms with E-state index in [9.17, 15) is 4.79 Å². The maximum atomic E-state index is 13.4. The average molecular weight is 425 g/mol. The van der Waals surface area contributed by atoms with Crippen LogP contribution < -0.4 is 10.1 Å². The molecule has 160 valence electrons. The molecule has 0 bridgehead atoms. The van der Waals surface area contributed by atoms with E-state index in [2.05, 4.69) is 15.5 Å². The molecule has 1 amide bonds. The van der Waals surface area contributed by atoms with Gasteiger partial charge in [-0.1, -0.05) is 42.5 Å². The van der Waals surface area contributed by atoms with E-state index in [1.807, 2.05) is 83.8 Å². The molecular weight excluding hydrogens is 402 g/mol. The van der Waals surface area contributed by atoms with E-state index in [-0.39, 0.29) is 5.91 Å². The van der Waals surface area contributed by atoms with E-state index in [0.717, 1.165) is 22.7 Å².